The molecule has 1 aliphatic heterocycles. The van der Waals surface area contributed by atoms with Crippen molar-refractivity contribution in [1.29, 1.82) is 0 Å². The van der Waals surface area contributed by atoms with Crippen molar-refractivity contribution in [3.8, 4) is 0 Å². The van der Waals surface area contributed by atoms with Crippen molar-refractivity contribution < 1.29 is 0 Å². The molecule has 3 aliphatic rings. The Bertz CT molecular complexity index is 264. The number of thiol groups is 1. The van der Waals surface area contributed by atoms with E-state index in [1.165, 1.54) is 77.7 Å². The third kappa shape index (κ3) is 3.05. The summed E-state index contributed by atoms with van der Waals surface area (Å²) in [5.74, 6) is 1.09. The van der Waals surface area contributed by atoms with E-state index in [0.29, 0.717) is 5.41 Å². The van der Waals surface area contributed by atoms with Gasteiger partial charge in [-0.2, -0.15) is 12.6 Å². The van der Waals surface area contributed by atoms with E-state index in [-0.39, 0.29) is 0 Å². The molecule has 1 heterocycles. The summed E-state index contributed by atoms with van der Waals surface area (Å²) in [4.78, 5) is 5.44. The van der Waals surface area contributed by atoms with Gasteiger partial charge in [0.05, 0.1) is 0 Å². The smallest absolute Gasteiger partial charge is 0.0113 e. The van der Waals surface area contributed by atoms with Crippen molar-refractivity contribution >= 4 is 12.6 Å². The Labute approximate surface area is 118 Å². The Morgan fingerprint density at radius 3 is 2.17 bits per heavy atom. The Kier molecular flexibility index (Phi) is 4.21. The normalized spacial score (nSPS) is 30.5. The highest BCUT2D eigenvalue weighted by Gasteiger charge is 2.35. The van der Waals surface area contributed by atoms with Gasteiger partial charge in [-0.1, -0.05) is 19.3 Å². The zero-order chi connectivity index (χ0) is 12.4. The third-order valence-electron chi connectivity index (χ3n) is 5.28. The monoisotopic (exact) mass is 268 g/mol. The van der Waals surface area contributed by atoms with E-state index in [4.69, 9.17) is 0 Å². The zero-order valence-electron chi connectivity index (χ0n) is 11.6. The quantitative estimate of drug-likeness (QED) is 0.783. The van der Waals surface area contributed by atoms with Crippen molar-refractivity contribution in [1.82, 2.24) is 9.80 Å². The minimum Gasteiger partial charge on any atom is -0.300 e. The van der Waals surface area contributed by atoms with E-state index in [0.717, 1.165) is 11.8 Å². The standard InChI is InChI=1S/C15H28N2S/c18-13-15(6-2-1-3-7-15)12-16-8-10-17(11-9-16)14-4-5-14/h14,18H,1-13H2. The Balaban J connectivity index is 1.49. The number of rotatable bonds is 4. The van der Waals surface area contributed by atoms with Crippen LogP contribution in [0.1, 0.15) is 44.9 Å². The minimum atomic E-state index is 0.545. The Morgan fingerprint density at radius 1 is 0.944 bits per heavy atom. The van der Waals surface area contributed by atoms with Gasteiger partial charge in [-0.05, 0) is 36.9 Å². The number of piperazine rings is 1. The second-order valence-corrected chi connectivity index (χ2v) is 7.08. The molecule has 0 aromatic carbocycles. The van der Waals surface area contributed by atoms with Crippen LogP contribution in [0.4, 0.5) is 0 Å². The van der Waals surface area contributed by atoms with E-state index in [1.54, 1.807) is 0 Å². The molecular weight excluding hydrogens is 240 g/mol. The molecule has 1 saturated heterocycles. The second kappa shape index (κ2) is 5.72. The lowest BCUT2D eigenvalue weighted by Crippen LogP contribution is -2.51. The van der Waals surface area contributed by atoms with Gasteiger partial charge in [-0.3, -0.25) is 4.90 Å². The summed E-state index contributed by atoms with van der Waals surface area (Å²) >= 11 is 4.67. The molecule has 3 heteroatoms. The topological polar surface area (TPSA) is 6.48 Å². The maximum Gasteiger partial charge on any atom is 0.0113 e. The maximum absolute atomic E-state index is 4.67. The third-order valence-corrected chi connectivity index (χ3v) is 5.95. The zero-order valence-corrected chi connectivity index (χ0v) is 12.5. The van der Waals surface area contributed by atoms with Gasteiger partial charge in [-0.15, -0.1) is 0 Å². The molecule has 104 valence electrons. The van der Waals surface area contributed by atoms with Crippen LogP contribution in [0, 0.1) is 5.41 Å². The fraction of sp³-hybridized carbons (Fsp3) is 1.00. The highest BCUT2D eigenvalue weighted by Crippen LogP contribution is 2.38. The van der Waals surface area contributed by atoms with Crippen LogP contribution >= 0.6 is 12.6 Å². The predicted octanol–water partition coefficient (Wildman–Crippen LogP) is 2.65. The lowest BCUT2D eigenvalue weighted by atomic mass is 9.75. The molecule has 0 N–H and O–H groups in total. The van der Waals surface area contributed by atoms with Crippen molar-refractivity contribution in [3.05, 3.63) is 0 Å². The van der Waals surface area contributed by atoms with Gasteiger partial charge in [0.2, 0.25) is 0 Å². The molecule has 2 aliphatic carbocycles. The lowest BCUT2D eigenvalue weighted by Gasteiger charge is -2.43. The molecular formula is C15H28N2S. The lowest BCUT2D eigenvalue weighted by molar-refractivity contribution is 0.0720. The molecule has 0 spiro atoms. The fourth-order valence-corrected chi connectivity index (χ4v) is 4.28. The molecule has 0 bridgehead atoms. The first kappa shape index (κ1) is 13.3. The van der Waals surface area contributed by atoms with Gasteiger partial charge >= 0.3 is 0 Å². The largest absolute Gasteiger partial charge is 0.300 e. The summed E-state index contributed by atoms with van der Waals surface area (Å²) in [6, 6.07) is 0.959. The summed E-state index contributed by atoms with van der Waals surface area (Å²) in [6.07, 6.45) is 10.1. The first-order chi connectivity index (χ1) is 8.81. The minimum absolute atomic E-state index is 0.545. The van der Waals surface area contributed by atoms with Crippen molar-refractivity contribution in [3.63, 3.8) is 0 Å². The summed E-state index contributed by atoms with van der Waals surface area (Å²) in [6.45, 7) is 6.54. The highest BCUT2D eigenvalue weighted by molar-refractivity contribution is 7.80. The van der Waals surface area contributed by atoms with Crippen LogP contribution in [0.25, 0.3) is 0 Å². The molecule has 0 radical (unpaired) electrons. The Hall–Kier alpha value is 0.270. The van der Waals surface area contributed by atoms with Crippen LogP contribution in [0.3, 0.4) is 0 Å². The molecule has 0 aromatic rings. The van der Waals surface area contributed by atoms with Crippen LogP contribution in [0.2, 0.25) is 0 Å². The first-order valence-corrected chi connectivity index (χ1v) is 8.52. The second-order valence-electron chi connectivity index (χ2n) is 6.76. The van der Waals surface area contributed by atoms with Crippen LogP contribution in [-0.4, -0.2) is 54.3 Å². The summed E-state index contributed by atoms with van der Waals surface area (Å²) in [5.41, 5.74) is 0.545. The molecule has 3 rings (SSSR count). The molecule has 0 atom stereocenters. The molecule has 0 aromatic heterocycles. The van der Waals surface area contributed by atoms with Gasteiger partial charge in [0.15, 0.2) is 0 Å². The average Bonchev–Trinajstić information content (AvgIpc) is 3.25. The molecule has 0 unspecified atom stereocenters. The Morgan fingerprint density at radius 2 is 1.61 bits per heavy atom. The van der Waals surface area contributed by atoms with Gasteiger partial charge in [-0.25, -0.2) is 0 Å². The molecule has 2 nitrogen and oxygen atoms in total. The van der Waals surface area contributed by atoms with Crippen LogP contribution in [-0.2, 0) is 0 Å². The van der Waals surface area contributed by atoms with E-state index in [2.05, 4.69) is 22.4 Å². The highest BCUT2D eigenvalue weighted by atomic mass is 32.1. The van der Waals surface area contributed by atoms with Gasteiger partial charge in [0.1, 0.15) is 0 Å². The van der Waals surface area contributed by atoms with Crippen molar-refractivity contribution in [2.24, 2.45) is 5.41 Å². The molecule has 3 fully saturated rings. The number of hydrogen-bond donors (Lipinski definition) is 1. The van der Waals surface area contributed by atoms with E-state index in [1.807, 2.05) is 0 Å². The van der Waals surface area contributed by atoms with Crippen LogP contribution in [0.15, 0.2) is 0 Å². The van der Waals surface area contributed by atoms with Crippen LogP contribution < -0.4 is 0 Å². The van der Waals surface area contributed by atoms with Crippen molar-refractivity contribution in [2.45, 2.75) is 51.0 Å². The van der Waals surface area contributed by atoms with E-state index >= 15 is 0 Å². The fourth-order valence-electron chi connectivity index (χ4n) is 3.87. The van der Waals surface area contributed by atoms with E-state index in [9.17, 15) is 0 Å². The number of nitrogens with zero attached hydrogens (tertiary/aromatic N) is 2. The summed E-state index contributed by atoms with van der Waals surface area (Å²) in [7, 11) is 0. The molecule has 2 saturated carbocycles. The van der Waals surface area contributed by atoms with Gasteiger partial charge < -0.3 is 4.90 Å². The van der Waals surface area contributed by atoms with Gasteiger partial charge in [0.25, 0.3) is 0 Å². The number of hydrogen-bond acceptors (Lipinski definition) is 3. The van der Waals surface area contributed by atoms with Crippen LogP contribution in [0.5, 0.6) is 0 Å². The van der Waals surface area contributed by atoms with E-state index < -0.39 is 0 Å². The SMILES string of the molecule is SCC1(CN2CCN(C3CC3)CC2)CCCCC1. The predicted molar refractivity (Wildman–Crippen MR) is 80.4 cm³/mol. The molecule has 0 amide bonds. The summed E-state index contributed by atoms with van der Waals surface area (Å²) < 4.78 is 0. The van der Waals surface area contributed by atoms with Gasteiger partial charge in [0, 0.05) is 38.8 Å². The maximum atomic E-state index is 4.67. The van der Waals surface area contributed by atoms with Crippen molar-refractivity contribution in [2.75, 3.05) is 38.5 Å². The first-order valence-electron chi connectivity index (χ1n) is 7.89. The average molecular weight is 268 g/mol. The molecule has 18 heavy (non-hydrogen) atoms. The summed E-state index contributed by atoms with van der Waals surface area (Å²) in [5, 5.41) is 0.